The number of hydrogen-bond donors (Lipinski definition) is 0. The van der Waals surface area contributed by atoms with Crippen LogP contribution in [0.3, 0.4) is 0 Å². The minimum Gasteiger partial charge on any atom is -0.440 e. The molecule has 1 aliphatic rings. The van der Waals surface area contributed by atoms with Gasteiger partial charge >= 0.3 is 0 Å². The molecule has 2 aromatic carbocycles. The van der Waals surface area contributed by atoms with Crippen molar-refractivity contribution < 1.29 is 9.15 Å². The van der Waals surface area contributed by atoms with Crippen molar-refractivity contribution in [3.8, 4) is 22.7 Å². The van der Waals surface area contributed by atoms with Gasteiger partial charge in [-0.05, 0) is 37.1 Å². The van der Waals surface area contributed by atoms with Crippen LogP contribution >= 0.6 is 23.4 Å². The highest BCUT2D eigenvalue weighted by molar-refractivity contribution is 7.98. The van der Waals surface area contributed by atoms with E-state index in [0.717, 1.165) is 47.3 Å². The van der Waals surface area contributed by atoms with Gasteiger partial charge in [0.1, 0.15) is 0 Å². The van der Waals surface area contributed by atoms with Crippen LogP contribution in [0.1, 0.15) is 18.7 Å². The van der Waals surface area contributed by atoms with Gasteiger partial charge < -0.3 is 9.15 Å². The molecule has 8 heteroatoms. The molecule has 3 heterocycles. The van der Waals surface area contributed by atoms with Gasteiger partial charge in [0.15, 0.2) is 16.7 Å². The number of aromatic nitrogens is 4. The minimum atomic E-state index is 0.174. The third kappa shape index (κ3) is 4.69. The van der Waals surface area contributed by atoms with Gasteiger partial charge in [-0.15, -0.1) is 10.2 Å². The first-order chi connectivity index (χ1) is 15.3. The Morgan fingerprint density at radius 2 is 1.87 bits per heavy atom. The summed E-state index contributed by atoms with van der Waals surface area (Å²) in [4.78, 5) is 4.43. The lowest BCUT2D eigenvalue weighted by atomic mass is 10.2. The molecule has 6 nitrogen and oxygen atoms in total. The molecule has 0 radical (unpaired) electrons. The van der Waals surface area contributed by atoms with Crippen LogP contribution in [-0.4, -0.2) is 32.5 Å². The molecule has 0 aliphatic carbocycles. The van der Waals surface area contributed by atoms with E-state index in [0.29, 0.717) is 23.2 Å². The maximum absolute atomic E-state index is 6.06. The number of oxazole rings is 1. The van der Waals surface area contributed by atoms with E-state index >= 15 is 0 Å². The Morgan fingerprint density at radius 1 is 1.03 bits per heavy atom. The van der Waals surface area contributed by atoms with E-state index in [-0.39, 0.29) is 6.10 Å². The second-order valence-electron chi connectivity index (χ2n) is 7.33. The third-order valence-corrected chi connectivity index (χ3v) is 6.37. The number of ether oxygens (including phenoxy) is 1. The topological polar surface area (TPSA) is 66.0 Å². The summed E-state index contributed by atoms with van der Waals surface area (Å²) in [6.45, 7) is 1.53. The van der Waals surface area contributed by atoms with Crippen LogP contribution in [-0.2, 0) is 17.0 Å². The van der Waals surface area contributed by atoms with Crippen molar-refractivity contribution in [3.63, 3.8) is 0 Å². The highest BCUT2D eigenvalue weighted by atomic mass is 35.5. The summed E-state index contributed by atoms with van der Waals surface area (Å²) >= 11 is 7.62. The van der Waals surface area contributed by atoms with Gasteiger partial charge in [-0.2, -0.15) is 0 Å². The average molecular weight is 453 g/mol. The fourth-order valence-electron chi connectivity index (χ4n) is 3.60. The van der Waals surface area contributed by atoms with Crippen LogP contribution in [0.4, 0.5) is 0 Å². The largest absolute Gasteiger partial charge is 0.440 e. The summed E-state index contributed by atoms with van der Waals surface area (Å²) in [6, 6.07) is 17.6. The van der Waals surface area contributed by atoms with Crippen molar-refractivity contribution in [2.24, 2.45) is 0 Å². The quantitative estimate of drug-likeness (QED) is 0.334. The Kier molecular flexibility index (Phi) is 6.06. The molecule has 1 aliphatic heterocycles. The molecule has 0 unspecified atom stereocenters. The van der Waals surface area contributed by atoms with E-state index in [1.54, 1.807) is 18.0 Å². The van der Waals surface area contributed by atoms with Gasteiger partial charge in [-0.1, -0.05) is 53.7 Å². The molecule has 1 atom stereocenters. The molecule has 1 saturated heterocycles. The van der Waals surface area contributed by atoms with Crippen molar-refractivity contribution in [1.29, 1.82) is 0 Å². The van der Waals surface area contributed by atoms with Crippen molar-refractivity contribution in [2.75, 3.05) is 6.61 Å². The van der Waals surface area contributed by atoms with Crippen LogP contribution in [0.5, 0.6) is 0 Å². The predicted molar refractivity (Wildman–Crippen MR) is 121 cm³/mol. The molecular weight excluding hydrogens is 432 g/mol. The van der Waals surface area contributed by atoms with Crippen LogP contribution in [0.15, 0.2) is 70.4 Å². The highest BCUT2D eigenvalue weighted by Crippen LogP contribution is 2.30. The van der Waals surface area contributed by atoms with Gasteiger partial charge in [0.05, 0.1) is 24.6 Å². The molecule has 2 aromatic heterocycles. The van der Waals surface area contributed by atoms with Gasteiger partial charge in [-0.3, -0.25) is 4.57 Å². The monoisotopic (exact) mass is 452 g/mol. The van der Waals surface area contributed by atoms with Crippen LogP contribution < -0.4 is 0 Å². The number of thioether (sulfide) groups is 1. The smallest absolute Gasteiger partial charge is 0.205 e. The summed E-state index contributed by atoms with van der Waals surface area (Å²) in [7, 11) is 0. The summed E-state index contributed by atoms with van der Waals surface area (Å²) in [6.07, 6.45) is 4.07. The van der Waals surface area contributed by atoms with Crippen LogP contribution in [0.2, 0.25) is 5.02 Å². The van der Waals surface area contributed by atoms with E-state index in [1.807, 2.05) is 54.6 Å². The zero-order valence-corrected chi connectivity index (χ0v) is 18.4. The summed E-state index contributed by atoms with van der Waals surface area (Å²) in [5.74, 6) is 2.80. The zero-order valence-electron chi connectivity index (χ0n) is 16.8. The number of hydrogen-bond acceptors (Lipinski definition) is 6. The van der Waals surface area contributed by atoms with E-state index in [4.69, 9.17) is 20.8 Å². The maximum atomic E-state index is 6.06. The van der Waals surface area contributed by atoms with E-state index in [1.165, 1.54) is 0 Å². The molecule has 31 heavy (non-hydrogen) atoms. The van der Waals surface area contributed by atoms with Crippen molar-refractivity contribution >= 4 is 23.4 Å². The Hall–Kier alpha value is -2.61. The Bertz CT molecular complexity index is 1140. The average Bonchev–Trinajstić information content (AvgIpc) is 3.56. The lowest BCUT2D eigenvalue weighted by Crippen LogP contribution is -2.16. The first-order valence-corrected chi connectivity index (χ1v) is 11.6. The molecule has 0 spiro atoms. The van der Waals surface area contributed by atoms with Crippen molar-refractivity contribution in [3.05, 3.63) is 71.7 Å². The Morgan fingerprint density at radius 3 is 2.65 bits per heavy atom. The molecule has 0 bridgehead atoms. The third-order valence-electron chi connectivity index (χ3n) is 5.17. The summed E-state index contributed by atoms with van der Waals surface area (Å²) in [5, 5.41) is 10.4. The Labute approximate surface area is 189 Å². The number of benzene rings is 2. The first-order valence-electron chi connectivity index (χ1n) is 10.2. The fourth-order valence-corrected chi connectivity index (χ4v) is 4.53. The lowest BCUT2D eigenvalue weighted by molar-refractivity contribution is 0.0953. The summed E-state index contributed by atoms with van der Waals surface area (Å²) in [5.41, 5.74) is 1.99. The van der Waals surface area contributed by atoms with Crippen LogP contribution in [0.25, 0.3) is 22.7 Å². The highest BCUT2D eigenvalue weighted by Gasteiger charge is 2.22. The molecule has 1 fully saturated rings. The standard InChI is InChI=1S/C23H21ClN4O2S/c24-18-10-8-17(9-11-18)22-26-27-23(28(22)14-19-7-4-12-29-19)31-15-21-25-13-20(30-21)16-5-2-1-3-6-16/h1-3,5-6,8-11,13,19H,4,7,12,14-15H2/t19-/m0/s1. The normalized spacial score (nSPS) is 16.1. The fraction of sp³-hybridized carbons (Fsp3) is 0.261. The number of rotatable bonds is 7. The number of nitrogens with zero attached hydrogens (tertiary/aromatic N) is 4. The molecule has 4 aromatic rings. The van der Waals surface area contributed by atoms with E-state index in [9.17, 15) is 0 Å². The SMILES string of the molecule is Clc1ccc(-c2nnc(SCc3ncc(-c4ccccc4)o3)n2C[C@@H]2CCCO2)cc1. The molecule has 0 saturated carbocycles. The zero-order chi connectivity index (χ0) is 21.0. The van der Waals surface area contributed by atoms with E-state index < -0.39 is 0 Å². The van der Waals surface area contributed by atoms with Crippen molar-refractivity contribution in [2.45, 2.75) is 36.4 Å². The Balaban J connectivity index is 1.37. The predicted octanol–water partition coefficient (Wildman–Crippen LogP) is 5.72. The van der Waals surface area contributed by atoms with Gasteiger partial charge in [-0.25, -0.2) is 4.98 Å². The van der Waals surface area contributed by atoms with Crippen LogP contribution in [0, 0.1) is 0 Å². The van der Waals surface area contributed by atoms with Gasteiger partial charge in [0, 0.05) is 22.8 Å². The van der Waals surface area contributed by atoms with E-state index in [2.05, 4.69) is 19.7 Å². The van der Waals surface area contributed by atoms with Gasteiger partial charge in [0.25, 0.3) is 0 Å². The molecule has 158 valence electrons. The molecular formula is C23H21ClN4O2S. The summed E-state index contributed by atoms with van der Waals surface area (Å²) < 4.78 is 13.9. The molecule has 5 rings (SSSR count). The van der Waals surface area contributed by atoms with Gasteiger partial charge in [0.2, 0.25) is 5.89 Å². The maximum Gasteiger partial charge on any atom is 0.205 e. The first kappa shape index (κ1) is 20.3. The lowest BCUT2D eigenvalue weighted by Gasteiger charge is -2.14. The minimum absolute atomic E-state index is 0.174. The number of halogens is 1. The van der Waals surface area contributed by atoms with Crippen molar-refractivity contribution in [1.82, 2.24) is 19.7 Å². The molecule has 0 amide bonds. The second kappa shape index (κ2) is 9.26. The second-order valence-corrected chi connectivity index (χ2v) is 8.71. The molecule has 0 N–H and O–H groups in total.